The van der Waals surface area contributed by atoms with Crippen molar-refractivity contribution in [3.05, 3.63) is 65.7 Å². The van der Waals surface area contributed by atoms with Crippen LogP contribution in [0, 0.1) is 0 Å². The van der Waals surface area contributed by atoms with Crippen LogP contribution in [-0.4, -0.2) is 29.4 Å². The highest BCUT2D eigenvalue weighted by Crippen LogP contribution is 2.21. The molecule has 0 radical (unpaired) electrons. The molecule has 3 amide bonds. The van der Waals surface area contributed by atoms with Crippen LogP contribution in [-0.2, 0) is 11.2 Å². The zero-order chi connectivity index (χ0) is 16.2. The van der Waals surface area contributed by atoms with E-state index in [1.54, 1.807) is 24.3 Å². The third-order valence-corrected chi connectivity index (χ3v) is 3.66. The molecule has 116 valence electrons. The van der Waals surface area contributed by atoms with Gasteiger partial charge in [-0.3, -0.25) is 4.79 Å². The molecule has 1 saturated heterocycles. The standard InChI is InChI=1S/C17H15N3O3/c21-16-15(10-12-4-2-1-3-5-12)19-17(22)20(16)14-8-6-13(7-9-14)11-18-23/h1-9,11,15,23H,10H2,(H,19,22). The first-order valence-corrected chi connectivity index (χ1v) is 7.15. The minimum absolute atomic E-state index is 0.276. The summed E-state index contributed by atoms with van der Waals surface area (Å²) < 4.78 is 0. The van der Waals surface area contributed by atoms with Gasteiger partial charge in [-0.05, 0) is 23.3 Å². The van der Waals surface area contributed by atoms with Gasteiger partial charge in [0.1, 0.15) is 6.04 Å². The summed E-state index contributed by atoms with van der Waals surface area (Å²) in [6.45, 7) is 0. The van der Waals surface area contributed by atoms with Crippen molar-refractivity contribution in [1.82, 2.24) is 5.32 Å². The fourth-order valence-electron chi connectivity index (χ4n) is 2.54. The molecule has 1 atom stereocenters. The van der Waals surface area contributed by atoms with Gasteiger partial charge in [-0.15, -0.1) is 0 Å². The predicted molar refractivity (Wildman–Crippen MR) is 85.8 cm³/mol. The van der Waals surface area contributed by atoms with Crippen LogP contribution in [0.5, 0.6) is 0 Å². The van der Waals surface area contributed by atoms with Gasteiger partial charge in [-0.25, -0.2) is 9.69 Å². The quantitative estimate of drug-likeness (QED) is 0.393. The first kappa shape index (κ1) is 14.8. The molecule has 1 aliphatic rings. The molecule has 2 aromatic rings. The second kappa shape index (κ2) is 6.31. The molecule has 2 aromatic carbocycles. The minimum atomic E-state index is -0.566. The molecular weight excluding hydrogens is 294 g/mol. The highest BCUT2D eigenvalue weighted by Gasteiger charge is 2.38. The summed E-state index contributed by atoms with van der Waals surface area (Å²) in [6.07, 6.45) is 1.73. The molecule has 2 N–H and O–H groups in total. The Labute approximate surface area is 133 Å². The van der Waals surface area contributed by atoms with Crippen LogP contribution < -0.4 is 10.2 Å². The number of nitrogens with zero attached hydrogens (tertiary/aromatic N) is 2. The number of carbonyl (C=O) groups is 2. The first-order chi connectivity index (χ1) is 11.2. The molecule has 1 unspecified atom stereocenters. The number of carbonyl (C=O) groups excluding carboxylic acids is 2. The Kier molecular flexibility index (Phi) is 4.05. The number of oxime groups is 1. The molecule has 0 bridgehead atoms. The lowest BCUT2D eigenvalue weighted by Gasteiger charge is -2.13. The third-order valence-electron chi connectivity index (χ3n) is 3.66. The largest absolute Gasteiger partial charge is 0.411 e. The SMILES string of the molecule is O=C1NC(Cc2ccccc2)C(=O)N1c1ccc(C=NO)cc1. The van der Waals surface area contributed by atoms with Crippen LogP contribution in [0.15, 0.2) is 59.8 Å². The summed E-state index contributed by atoms with van der Waals surface area (Å²) in [5.41, 5.74) is 2.14. The van der Waals surface area contributed by atoms with E-state index in [2.05, 4.69) is 10.5 Å². The van der Waals surface area contributed by atoms with E-state index in [1.165, 1.54) is 6.21 Å². The second-order valence-corrected chi connectivity index (χ2v) is 5.20. The Morgan fingerprint density at radius 2 is 1.78 bits per heavy atom. The average Bonchev–Trinajstić information content (AvgIpc) is 2.84. The zero-order valence-electron chi connectivity index (χ0n) is 12.2. The predicted octanol–water partition coefficient (Wildman–Crippen LogP) is 2.16. The molecule has 0 aromatic heterocycles. The van der Waals surface area contributed by atoms with Crippen LogP contribution in [0.25, 0.3) is 0 Å². The molecule has 0 aliphatic carbocycles. The maximum atomic E-state index is 12.5. The lowest BCUT2D eigenvalue weighted by atomic mass is 10.1. The monoisotopic (exact) mass is 309 g/mol. The maximum absolute atomic E-state index is 12.5. The zero-order valence-corrected chi connectivity index (χ0v) is 12.2. The topological polar surface area (TPSA) is 82.0 Å². The highest BCUT2D eigenvalue weighted by molar-refractivity contribution is 6.21. The van der Waals surface area contributed by atoms with Crippen LogP contribution in [0.1, 0.15) is 11.1 Å². The van der Waals surface area contributed by atoms with E-state index in [1.807, 2.05) is 30.3 Å². The lowest BCUT2D eigenvalue weighted by Crippen LogP contribution is -2.32. The fourth-order valence-corrected chi connectivity index (χ4v) is 2.54. The molecule has 6 heteroatoms. The maximum Gasteiger partial charge on any atom is 0.329 e. The Hall–Kier alpha value is -3.15. The summed E-state index contributed by atoms with van der Waals surface area (Å²) >= 11 is 0. The Balaban J connectivity index is 1.78. The van der Waals surface area contributed by atoms with Gasteiger partial charge in [-0.2, -0.15) is 0 Å². The molecule has 0 saturated carbocycles. The van der Waals surface area contributed by atoms with Crippen molar-refractivity contribution in [2.45, 2.75) is 12.5 Å². The number of hydrogen-bond donors (Lipinski definition) is 2. The summed E-state index contributed by atoms with van der Waals surface area (Å²) in [7, 11) is 0. The van der Waals surface area contributed by atoms with E-state index in [-0.39, 0.29) is 5.91 Å². The molecular formula is C17H15N3O3. The van der Waals surface area contributed by atoms with Gasteiger partial charge in [0.25, 0.3) is 5.91 Å². The van der Waals surface area contributed by atoms with E-state index < -0.39 is 12.1 Å². The molecule has 1 aliphatic heterocycles. The van der Waals surface area contributed by atoms with E-state index in [0.29, 0.717) is 17.7 Å². The van der Waals surface area contributed by atoms with E-state index in [4.69, 9.17) is 5.21 Å². The number of anilines is 1. The van der Waals surface area contributed by atoms with Gasteiger partial charge in [0.15, 0.2) is 0 Å². The fraction of sp³-hybridized carbons (Fsp3) is 0.118. The molecule has 3 rings (SSSR count). The van der Waals surface area contributed by atoms with E-state index in [0.717, 1.165) is 10.5 Å². The second-order valence-electron chi connectivity index (χ2n) is 5.20. The van der Waals surface area contributed by atoms with Crippen molar-refractivity contribution in [3.63, 3.8) is 0 Å². The van der Waals surface area contributed by atoms with Gasteiger partial charge < -0.3 is 10.5 Å². The summed E-state index contributed by atoms with van der Waals surface area (Å²) in [5, 5.41) is 14.1. The molecule has 0 spiro atoms. The van der Waals surface area contributed by atoms with Crippen molar-refractivity contribution < 1.29 is 14.8 Å². The first-order valence-electron chi connectivity index (χ1n) is 7.15. The van der Waals surface area contributed by atoms with Crippen LogP contribution >= 0.6 is 0 Å². The summed E-state index contributed by atoms with van der Waals surface area (Å²) in [4.78, 5) is 25.8. The Morgan fingerprint density at radius 1 is 1.09 bits per heavy atom. The third kappa shape index (κ3) is 3.06. The van der Waals surface area contributed by atoms with E-state index >= 15 is 0 Å². The number of imide groups is 1. The van der Waals surface area contributed by atoms with Crippen molar-refractivity contribution in [2.24, 2.45) is 5.16 Å². The van der Waals surface area contributed by atoms with Gasteiger partial charge in [0.2, 0.25) is 0 Å². The van der Waals surface area contributed by atoms with Gasteiger partial charge in [0, 0.05) is 6.42 Å². The van der Waals surface area contributed by atoms with Crippen molar-refractivity contribution in [1.29, 1.82) is 0 Å². The lowest BCUT2D eigenvalue weighted by molar-refractivity contribution is -0.118. The molecule has 1 heterocycles. The Morgan fingerprint density at radius 3 is 2.43 bits per heavy atom. The number of urea groups is 1. The number of benzene rings is 2. The average molecular weight is 309 g/mol. The van der Waals surface area contributed by atoms with Gasteiger partial charge in [-0.1, -0.05) is 47.6 Å². The number of amides is 3. The van der Waals surface area contributed by atoms with Crippen LogP contribution in [0.4, 0.5) is 10.5 Å². The van der Waals surface area contributed by atoms with E-state index in [9.17, 15) is 9.59 Å². The number of nitrogens with one attached hydrogen (secondary N) is 1. The number of rotatable bonds is 4. The molecule has 1 fully saturated rings. The normalized spacial score (nSPS) is 17.7. The summed E-state index contributed by atoms with van der Waals surface area (Å²) in [5.74, 6) is -0.276. The van der Waals surface area contributed by atoms with Crippen molar-refractivity contribution in [3.8, 4) is 0 Å². The van der Waals surface area contributed by atoms with Crippen LogP contribution in [0.3, 0.4) is 0 Å². The molecule has 6 nitrogen and oxygen atoms in total. The van der Waals surface area contributed by atoms with Gasteiger partial charge >= 0.3 is 6.03 Å². The van der Waals surface area contributed by atoms with Crippen molar-refractivity contribution >= 4 is 23.8 Å². The summed E-state index contributed by atoms with van der Waals surface area (Å²) in [6, 6.07) is 15.2. The smallest absolute Gasteiger partial charge is 0.329 e. The Bertz CT molecular complexity index is 741. The highest BCUT2D eigenvalue weighted by atomic mass is 16.4. The molecule has 23 heavy (non-hydrogen) atoms. The van der Waals surface area contributed by atoms with Gasteiger partial charge in [0.05, 0.1) is 11.9 Å². The minimum Gasteiger partial charge on any atom is -0.411 e. The number of hydrogen-bond acceptors (Lipinski definition) is 4. The van der Waals surface area contributed by atoms with Crippen LogP contribution in [0.2, 0.25) is 0 Å². The van der Waals surface area contributed by atoms with Crippen molar-refractivity contribution in [2.75, 3.05) is 4.90 Å².